The lowest BCUT2D eigenvalue weighted by Gasteiger charge is -2.27. The van der Waals surface area contributed by atoms with Crippen molar-refractivity contribution in [3.8, 4) is 0 Å². The molecule has 9 heteroatoms. The first-order valence-corrected chi connectivity index (χ1v) is 8.34. The summed E-state index contributed by atoms with van der Waals surface area (Å²) < 4.78 is 44.1. The molecule has 0 fully saturated rings. The number of allylic oxidation sites excluding steroid dienone is 1. The lowest BCUT2D eigenvalue weighted by atomic mass is 10.2. The number of amides is 1. The van der Waals surface area contributed by atoms with Gasteiger partial charge in [0.2, 0.25) is 0 Å². The first-order chi connectivity index (χ1) is 10.7. The highest BCUT2D eigenvalue weighted by atomic mass is 79.9. The number of ether oxygens (including phenoxy) is 1. The fourth-order valence-electron chi connectivity index (χ4n) is 1.99. The van der Waals surface area contributed by atoms with E-state index in [2.05, 4.69) is 21.2 Å². The number of nitrogens with one attached hydrogen (secondary N) is 1. The summed E-state index contributed by atoms with van der Waals surface area (Å²) in [4.78, 5) is 14.0. The first-order valence-electron chi connectivity index (χ1n) is 6.67. The monoisotopic (exact) mass is 410 g/mol. The Morgan fingerprint density at radius 3 is 2.78 bits per heavy atom. The molecule has 0 spiro atoms. The lowest BCUT2D eigenvalue weighted by molar-refractivity contribution is -0.137. The van der Waals surface area contributed by atoms with Crippen molar-refractivity contribution in [2.75, 3.05) is 11.5 Å². The van der Waals surface area contributed by atoms with Crippen molar-refractivity contribution in [2.45, 2.75) is 25.5 Å². The van der Waals surface area contributed by atoms with Crippen LogP contribution in [0.25, 0.3) is 0 Å². The molecule has 1 aromatic rings. The second-order valence-corrected chi connectivity index (χ2v) is 6.65. The zero-order valence-electron chi connectivity index (χ0n) is 12.3. The average molecular weight is 411 g/mol. The van der Waals surface area contributed by atoms with Crippen molar-refractivity contribution < 1.29 is 22.7 Å². The van der Waals surface area contributed by atoms with Gasteiger partial charge in [0.1, 0.15) is 0 Å². The summed E-state index contributed by atoms with van der Waals surface area (Å²) >= 11 is 4.67. The Morgan fingerprint density at radius 2 is 2.17 bits per heavy atom. The number of halogens is 4. The molecule has 2 rings (SSSR count). The van der Waals surface area contributed by atoms with E-state index in [0.717, 1.165) is 17.0 Å². The lowest BCUT2D eigenvalue weighted by Crippen LogP contribution is -2.42. The molecule has 0 saturated carbocycles. The molecular weight excluding hydrogens is 397 g/mol. The van der Waals surface area contributed by atoms with Crippen molar-refractivity contribution in [3.63, 3.8) is 0 Å². The van der Waals surface area contributed by atoms with Gasteiger partial charge in [0.15, 0.2) is 5.50 Å². The second-order valence-electron chi connectivity index (χ2n) is 4.60. The highest BCUT2D eigenvalue weighted by Gasteiger charge is 2.35. The van der Waals surface area contributed by atoms with Crippen LogP contribution in [0.4, 0.5) is 23.7 Å². The maximum Gasteiger partial charge on any atom is 0.416 e. The number of hydrogen-bond donors (Lipinski definition) is 1. The van der Waals surface area contributed by atoms with Crippen LogP contribution in [0.3, 0.4) is 0 Å². The number of alkyl halides is 3. The molecular formula is C14H14BrF3N2O2S. The predicted molar refractivity (Wildman–Crippen MR) is 87.1 cm³/mol. The molecule has 126 valence electrons. The second kappa shape index (κ2) is 7.04. The summed E-state index contributed by atoms with van der Waals surface area (Å²) in [6.45, 7) is 3.69. The van der Waals surface area contributed by atoms with E-state index in [-0.39, 0.29) is 6.61 Å². The standard InChI is InChI=1S/C14H14BrF3N2O2S/c1-3-22-13(21)19-12-20(11(15)8(2)23-12)10-6-4-5-9(7-10)14(16,17)18/h4-7,12H,3H2,1-2H3,(H,19,21). The topological polar surface area (TPSA) is 41.6 Å². The van der Waals surface area contributed by atoms with Crippen LogP contribution in [0.1, 0.15) is 19.4 Å². The molecule has 1 aromatic carbocycles. The van der Waals surface area contributed by atoms with Gasteiger partial charge in [-0.25, -0.2) is 4.79 Å². The number of carbonyl (C=O) groups is 1. The van der Waals surface area contributed by atoms with Crippen molar-refractivity contribution >= 4 is 39.5 Å². The van der Waals surface area contributed by atoms with Crippen LogP contribution in [0.5, 0.6) is 0 Å². The van der Waals surface area contributed by atoms with Gasteiger partial charge < -0.3 is 9.64 Å². The van der Waals surface area contributed by atoms with E-state index < -0.39 is 23.3 Å². The third-order valence-electron chi connectivity index (χ3n) is 2.99. The number of nitrogens with zero attached hydrogens (tertiary/aromatic N) is 1. The zero-order chi connectivity index (χ0) is 17.2. The summed E-state index contributed by atoms with van der Waals surface area (Å²) in [5.41, 5.74) is -1.02. The molecule has 4 nitrogen and oxygen atoms in total. The van der Waals surface area contributed by atoms with Gasteiger partial charge in [-0.2, -0.15) is 13.2 Å². The van der Waals surface area contributed by atoms with Gasteiger partial charge in [0, 0.05) is 10.6 Å². The minimum atomic E-state index is -4.43. The van der Waals surface area contributed by atoms with E-state index in [0.29, 0.717) is 10.3 Å². The van der Waals surface area contributed by atoms with Crippen LogP contribution < -0.4 is 10.2 Å². The van der Waals surface area contributed by atoms with Crippen LogP contribution in [0.2, 0.25) is 0 Å². The van der Waals surface area contributed by atoms with E-state index in [1.807, 2.05) is 6.92 Å². The number of anilines is 1. The molecule has 1 N–H and O–H groups in total. The number of thioether (sulfide) groups is 1. The molecule has 1 amide bonds. The van der Waals surface area contributed by atoms with Gasteiger partial charge in [-0.1, -0.05) is 17.8 Å². The van der Waals surface area contributed by atoms with Crippen LogP contribution in [-0.4, -0.2) is 18.2 Å². The minimum Gasteiger partial charge on any atom is -0.450 e. The molecule has 1 aliphatic heterocycles. The molecule has 0 bridgehead atoms. The predicted octanol–water partition coefficient (Wildman–Crippen LogP) is 4.87. The molecule has 23 heavy (non-hydrogen) atoms. The number of benzene rings is 1. The third-order valence-corrected chi connectivity index (χ3v) is 5.33. The van der Waals surface area contributed by atoms with E-state index >= 15 is 0 Å². The van der Waals surface area contributed by atoms with Gasteiger partial charge >= 0.3 is 12.3 Å². The Labute approximate surface area is 144 Å². The van der Waals surface area contributed by atoms with Gasteiger partial charge in [0.05, 0.1) is 16.8 Å². The molecule has 1 aliphatic rings. The number of alkyl carbamates (subject to hydrolysis) is 1. The van der Waals surface area contributed by atoms with Crippen LogP contribution in [0.15, 0.2) is 33.8 Å². The van der Waals surface area contributed by atoms with E-state index in [1.165, 1.54) is 17.8 Å². The zero-order valence-corrected chi connectivity index (χ0v) is 14.7. The summed E-state index contributed by atoms with van der Waals surface area (Å²) in [5, 5.41) is 2.62. The Morgan fingerprint density at radius 1 is 1.48 bits per heavy atom. The number of rotatable bonds is 3. The van der Waals surface area contributed by atoms with Crippen molar-refractivity contribution in [2.24, 2.45) is 0 Å². The van der Waals surface area contributed by atoms with Gasteiger partial charge in [0.25, 0.3) is 0 Å². The van der Waals surface area contributed by atoms with E-state index in [1.54, 1.807) is 17.9 Å². The molecule has 0 aromatic heterocycles. The fraction of sp³-hybridized carbons (Fsp3) is 0.357. The van der Waals surface area contributed by atoms with Gasteiger partial charge in [-0.05, 0) is 48.0 Å². The highest BCUT2D eigenvalue weighted by Crippen LogP contribution is 2.43. The average Bonchev–Trinajstić information content (AvgIpc) is 2.73. The molecule has 1 unspecified atom stereocenters. The Bertz CT molecular complexity index is 637. The van der Waals surface area contributed by atoms with Gasteiger partial charge in [-0.3, -0.25) is 5.32 Å². The Balaban J connectivity index is 2.31. The van der Waals surface area contributed by atoms with E-state index in [4.69, 9.17) is 4.74 Å². The normalized spacial score (nSPS) is 18.3. The quantitative estimate of drug-likeness (QED) is 0.721. The molecule has 1 heterocycles. The Kier molecular flexibility index (Phi) is 5.51. The molecule has 0 saturated heterocycles. The molecule has 0 aliphatic carbocycles. The fourth-order valence-corrected chi connectivity index (χ4v) is 3.83. The summed E-state index contributed by atoms with van der Waals surface area (Å²) in [6.07, 6.45) is -5.06. The summed E-state index contributed by atoms with van der Waals surface area (Å²) in [7, 11) is 0. The van der Waals surface area contributed by atoms with Crippen LogP contribution >= 0.6 is 27.7 Å². The van der Waals surface area contributed by atoms with Crippen LogP contribution in [-0.2, 0) is 10.9 Å². The molecule has 0 radical (unpaired) electrons. The largest absolute Gasteiger partial charge is 0.450 e. The van der Waals surface area contributed by atoms with Crippen LogP contribution in [0, 0.1) is 0 Å². The Hall–Kier alpha value is -1.35. The third kappa shape index (κ3) is 4.14. The van der Waals surface area contributed by atoms with Gasteiger partial charge in [-0.15, -0.1) is 0 Å². The molecule has 1 atom stereocenters. The summed E-state index contributed by atoms with van der Waals surface area (Å²) in [6, 6.07) is 4.93. The first kappa shape index (κ1) is 18.0. The van der Waals surface area contributed by atoms with Crippen molar-refractivity contribution in [1.29, 1.82) is 0 Å². The SMILES string of the molecule is CCOC(=O)NC1SC(C)=C(Br)N1c1cccc(C(F)(F)F)c1. The number of hydrogen-bond acceptors (Lipinski definition) is 4. The minimum absolute atomic E-state index is 0.209. The van der Waals surface area contributed by atoms with Crippen molar-refractivity contribution in [3.05, 3.63) is 39.3 Å². The highest BCUT2D eigenvalue weighted by molar-refractivity contribution is 9.12. The number of carbonyl (C=O) groups excluding carboxylic acids is 1. The van der Waals surface area contributed by atoms with Crippen molar-refractivity contribution in [1.82, 2.24) is 5.32 Å². The smallest absolute Gasteiger partial charge is 0.416 e. The summed E-state index contributed by atoms with van der Waals surface area (Å²) in [5.74, 6) is 0. The maximum absolute atomic E-state index is 12.9. The van der Waals surface area contributed by atoms with E-state index in [9.17, 15) is 18.0 Å². The maximum atomic E-state index is 12.9.